The van der Waals surface area contributed by atoms with Gasteiger partial charge in [-0.2, -0.15) is 0 Å². The van der Waals surface area contributed by atoms with Crippen molar-refractivity contribution in [2.75, 3.05) is 18.1 Å². The van der Waals surface area contributed by atoms with E-state index in [2.05, 4.69) is 4.98 Å². The monoisotopic (exact) mass is 320 g/mol. The predicted octanol–water partition coefficient (Wildman–Crippen LogP) is 3.98. The highest BCUT2D eigenvalue weighted by atomic mass is 16.5. The summed E-state index contributed by atoms with van der Waals surface area (Å²) < 4.78 is 5.69. The van der Waals surface area contributed by atoms with E-state index in [0.717, 1.165) is 22.2 Å². The lowest BCUT2D eigenvalue weighted by Crippen LogP contribution is -2.34. The molecule has 0 saturated carbocycles. The summed E-state index contributed by atoms with van der Waals surface area (Å²) in [5, 5.41) is 0.994. The van der Waals surface area contributed by atoms with Gasteiger partial charge in [-0.15, -0.1) is 0 Å². The number of amides is 1. The minimum absolute atomic E-state index is 0.00749. The van der Waals surface area contributed by atoms with E-state index >= 15 is 0 Å². The second kappa shape index (κ2) is 7.13. The standard InChI is InChI=1S/C20H20N2O2/c1-3-22(17-8-4-6-15(2)12-17)20(23)14-24-18-9-10-19-16(13-18)7-5-11-21-19/h4-13H,3,14H2,1-2H3. The highest BCUT2D eigenvalue weighted by Gasteiger charge is 2.14. The molecule has 1 heterocycles. The van der Waals surface area contributed by atoms with Crippen LogP contribution >= 0.6 is 0 Å². The van der Waals surface area contributed by atoms with Crippen molar-refractivity contribution in [1.29, 1.82) is 0 Å². The van der Waals surface area contributed by atoms with Crippen LogP contribution in [0.4, 0.5) is 5.69 Å². The molecule has 3 aromatic rings. The molecule has 0 aliphatic rings. The SMILES string of the molecule is CCN(C(=O)COc1ccc2ncccc2c1)c1cccc(C)c1. The second-order valence-corrected chi connectivity index (χ2v) is 5.62. The van der Waals surface area contributed by atoms with E-state index in [9.17, 15) is 4.79 Å². The number of carbonyl (C=O) groups is 1. The third-order valence-corrected chi connectivity index (χ3v) is 3.87. The zero-order valence-electron chi connectivity index (χ0n) is 13.9. The first-order valence-corrected chi connectivity index (χ1v) is 8.02. The first kappa shape index (κ1) is 16.0. The number of anilines is 1. The number of aromatic nitrogens is 1. The van der Waals surface area contributed by atoms with Gasteiger partial charge in [0, 0.05) is 23.8 Å². The number of aryl methyl sites for hydroxylation is 1. The highest BCUT2D eigenvalue weighted by molar-refractivity contribution is 5.94. The van der Waals surface area contributed by atoms with Gasteiger partial charge in [-0.3, -0.25) is 9.78 Å². The molecule has 0 spiro atoms. The van der Waals surface area contributed by atoms with E-state index in [-0.39, 0.29) is 12.5 Å². The smallest absolute Gasteiger partial charge is 0.264 e. The third-order valence-electron chi connectivity index (χ3n) is 3.87. The maximum absolute atomic E-state index is 12.5. The number of hydrogen-bond donors (Lipinski definition) is 0. The van der Waals surface area contributed by atoms with Crippen LogP contribution < -0.4 is 9.64 Å². The maximum atomic E-state index is 12.5. The van der Waals surface area contributed by atoms with Crippen molar-refractivity contribution in [1.82, 2.24) is 4.98 Å². The van der Waals surface area contributed by atoms with E-state index in [1.807, 2.05) is 68.4 Å². The summed E-state index contributed by atoms with van der Waals surface area (Å²) in [6, 6.07) is 17.4. The van der Waals surface area contributed by atoms with Crippen LogP contribution in [0, 0.1) is 6.92 Å². The zero-order valence-corrected chi connectivity index (χ0v) is 13.9. The van der Waals surface area contributed by atoms with Crippen LogP contribution in [0.25, 0.3) is 10.9 Å². The van der Waals surface area contributed by atoms with E-state index in [1.54, 1.807) is 11.1 Å². The van der Waals surface area contributed by atoms with Crippen LogP contribution in [0.3, 0.4) is 0 Å². The molecule has 0 atom stereocenters. The first-order chi connectivity index (χ1) is 11.7. The van der Waals surface area contributed by atoms with Crippen molar-refractivity contribution >= 4 is 22.5 Å². The summed E-state index contributed by atoms with van der Waals surface area (Å²) in [5.41, 5.74) is 2.93. The molecule has 4 nitrogen and oxygen atoms in total. The number of fused-ring (bicyclic) bond motifs is 1. The second-order valence-electron chi connectivity index (χ2n) is 5.62. The largest absolute Gasteiger partial charge is 0.484 e. The van der Waals surface area contributed by atoms with Crippen molar-refractivity contribution in [3.63, 3.8) is 0 Å². The lowest BCUT2D eigenvalue weighted by molar-refractivity contribution is -0.120. The highest BCUT2D eigenvalue weighted by Crippen LogP contribution is 2.20. The lowest BCUT2D eigenvalue weighted by atomic mass is 10.2. The molecule has 122 valence electrons. The number of ether oxygens (including phenoxy) is 1. The van der Waals surface area contributed by atoms with Crippen molar-refractivity contribution < 1.29 is 9.53 Å². The summed E-state index contributed by atoms with van der Waals surface area (Å²) >= 11 is 0. The van der Waals surface area contributed by atoms with Crippen LogP contribution in [0.1, 0.15) is 12.5 Å². The average Bonchev–Trinajstić information content (AvgIpc) is 2.60. The van der Waals surface area contributed by atoms with Crippen molar-refractivity contribution in [3.8, 4) is 5.75 Å². The Kier molecular flexibility index (Phi) is 4.75. The summed E-state index contributed by atoms with van der Waals surface area (Å²) in [6.07, 6.45) is 1.76. The Morgan fingerprint density at radius 2 is 2.00 bits per heavy atom. The summed E-state index contributed by atoms with van der Waals surface area (Å²) in [4.78, 5) is 18.5. The molecule has 0 radical (unpaired) electrons. The number of rotatable bonds is 5. The van der Waals surface area contributed by atoms with Crippen LogP contribution in [-0.2, 0) is 4.79 Å². The van der Waals surface area contributed by atoms with E-state index < -0.39 is 0 Å². The van der Waals surface area contributed by atoms with E-state index in [0.29, 0.717) is 12.3 Å². The number of nitrogens with zero attached hydrogens (tertiary/aromatic N) is 2. The lowest BCUT2D eigenvalue weighted by Gasteiger charge is -2.21. The predicted molar refractivity (Wildman–Crippen MR) is 96.4 cm³/mol. The number of carbonyl (C=O) groups excluding carboxylic acids is 1. The van der Waals surface area contributed by atoms with Gasteiger partial charge in [0.15, 0.2) is 6.61 Å². The van der Waals surface area contributed by atoms with Crippen molar-refractivity contribution in [3.05, 3.63) is 66.4 Å². The first-order valence-electron chi connectivity index (χ1n) is 8.02. The van der Waals surface area contributed by atoms with Crippen molar-refractivity contribution in [2.24, 2.45) is 0 Å². The fourth-order valence-electron chi connectivity index (χ4n) is 2.67. The fourth-order valence-corrected chi connectivity index (χ4v) is 2.67. The van der Waals surface area contributed by atoms with Gasteiger partial charge in [-0.05, 0) is 55.8 Å². The number of benzene rings is 2. The average molecular weight is 320 g/mol. The number of pyridine rings is 1. The molecule has 0 N–H and O–H groups in total. The number of likely N-dealkylation sites (N-methyl/N-ethyl adjacent to an activating group) is 1. The Bertz CT molecular complexity index is 861. The van der Waals surface area contributed by atoms with Gasteiger partial charge in [-0.25, -0.2) is 0 Å². The molecule has 0 fully saturated rings. The van der Waals surface area contributed by atoms with E-state index in [1.165, 1.54) is 0 Å². The van der Waals surface area contributed by atoms with E-state index in [4.69, 9.17) is 4.74 Å². The molecule has 4 heteroatoms. The van der Waals surface area contributed by atoms with Crippen LogP contribution in [0.5, 0.6) is 5.75 Å². The fraction of sp³-hybridized carbons (Fsp3) is 0.200. The Hall–Kier alpha value is -2.88. The van der Waals surface area contributed by atoms with Gasteiger partial charge in [0.05, 0.1) is 5.52 Å². The third kappa shape index (κ3) is 3.54. The van der Waals surface area contributed by atoms with Gasteiger partial charge >= 0.3 is 0 Å². The maximum Gasteiger partial charge on any atom is 0.264 e. The van der Waals surface area contributed by atoms with Gasteiger partial charge in [0.1, 0.15) is 5.75 Å². The molecule has 0 aliphatic carbocycles. The topological polar surface area (TPSA) is 42.4 Å². The van der Waals surface area contributed by atoms with Gasteiger partial charge in [0.2, 0.25) is 0 Å². The minimum atomic E-state index is -0.0608. The molecule has 0 saturated heterocycles. The van der Waals surface area contributed by atoms with Gasteiger partial charge < -0.3 is 9.64 Å². The van der Waals surface area contributed by atoms with Crippen molar-refractivity contribution in [2.45, 2.75) is 13.8 Å². The molecule has 1 aromatic heterocycles. The Labute approximate surface area is 141 Å². The summed E-state index contributed by atoms with van der Waals surface area (Å²) in [7, 11) is 0. The van der Waals surface area contributed by atoms with Crippen LogP contribution in [0.15, 0.2) is 60.8 Å². The molecule has 3 rings (SSSR count). The Morgan fingerprint density at radius 3 is 2.79 bits per heavy atom. The molecular formula is C20H20N2O2. The molecule has 0 bridgehead atoms. The Balaban J connectivity index is 1.71. The van der Waals surface area contributed by atoms with Gasteiger partial charge in [-0.1, -0.05) is 18.2 Å². The Morgan fingerprint density at radius 1 is 1.12 bits per heavy atom. The quantitative estimate of drug-likeness (QED) is 0.714. The molecule has 24 heavy (non-hydrogen) atoms. The molecule has 0 aliphatic heterocycles. The summed E-state index contributed by atoms with van der Waals surface area (Å²) in [6.45, 7) is 4.59. The molecule has 1 amide bonds. The normalized spacial score (nSPS) is 10.6. The molecular weight excluding hydrogens is 300 g/mol. The van der Waals surface area contributed by atoms with Crippen LogP contribution in [0.2, 0.25) is 0 Å². The molecule has 2 aromatic carbocycles. The minimum Gasteiger partial charge on any atom is -0.484 e. The van der Waals surface area contributed by atoms with Crippen LogP contribution in [-0.4, -0.2) is 24.0 Å². The van der Waals surface area contributed by atoms with Gasteiger partial charge in [0.25, 0.3) is 5.91 Å². The molecule has 0 unspecified atom stereocenters. The zero-order chi connectivity index (χ0) is 16.9. The summed E-state index contributed by atoms with van der Waals surface area (Å²) in [5.74, 6) is 0.610. The number of hydrogen-bond acceptors (Lipinski definition) is 3.